The van der Waals surface area contributed by atoms with Gasteiger partial charge in [-0.15, -0.1) is 21.5 Å². The maximum Gasteiger partial charge on any atom is 0.323 e. The van der Waals surface area contributed by atoms with Gasteiger partial charge in [0.1, 0.15) is 23.8 Å². The van der Waals surface area contributed by atoms with E-state index in [2.05, 4.69) is 28.5 Å². The molecule has 2 aromatic carbocycles. The molecule has 0 unspecified atom stereocenters. The van der Waals surface area contributed by atoms with Gasteiger partial charge in [0.05, 0.1) is 12.3 Å². The lowest BCUT2D eigenvalue weighted by Gasteiger charge is -2.11. The molecule has 37 heavy (non-hydrogen) atoms. The second-order valence-electron chi connectivity index (χ2n) is 8.73. The summed E-state index contributed by atoms with van der Waals surface area (Å²) in [6, 6.07) is 21.2. The molecule has 184 valence electrons. The van der Waals surface area contributed by atoms with Gasteiger partial charge < -0.3 is 15.0 Å². The number of nitrogens with zero attached hydrogens (tertiary/aromatic N) is 5. The molecule has 9 nitrogen and oxygen atoms in total. The van der Waals surface area contributed by atoms with Crippen molar-refractivity contribution in [1.29, 1.82) is 0 Å². The van der Waals surface area contributed by atoms with E-state index in [0.29, 0.717) is 23.7 Å². The summed E-state index contributed by atoms with van der Waals surface area (Å²) >= 11 is 1.63. The Labute approximate surface area is 215 Å². The Morgan fingerprint density at radius 1 is 1.05 bits per heavy atom. The summed E-state index contributed by atoms with van der Waals surface area (Å²) in [6.07, 6.45) is 0. The van der Waals surface area contributed by atoms with Crippen LogP contribution in [0.2, 0.25) is 0 Å². The molecule has 1 aliphatic rings. The summed E-state index contributed by atoms with van der Waals surface area (Å²) < 4.78 is 3.48. The van der Waals surface area contributed by atoms with Crippen LogP contribution in [0.25, 0.3) is 15.9 Å². The lowest BCUT2D eigenvalue weighted by Crippen LogP contribution is -2.27. The van der Waals surface area contributed by atoms with Crippen molar-refractivity contribution in [3.05, 3.63) is 100 Å². The molecule has 0 aliphatic carbocycles. The summed E-state index contributed by atoms with van der Waals surface area (Å²) in [5.41, 5.74) is 3.90. The third-order valence-corrected chi connectivity index (χ3v) is 7.30. The van der Waals surface area contributed by atoms with Crippen LogP contribution in [0, 0.1) is 6.92 Å². The molecule has 10 heteroatoms. The number of aliphatic carboxylic acids is 1. The highest BCUT2D eigenvalue weighted by Gasteiger charge is 2.26. The number of carbonyl (C=O) groups excluding carboxylic acids is 1. The predicted molar refractivity (Wildman–Crippen MR) is 141 cm³/mol. The highest BCUT2D eigenvalue weighted by molar-refractivity contribution is 7.15. The number of aromatic nitrogens is 4. The SMILES string of the molecule is Cc1cc2c(s1)-n1c(nnc1CNC(=O)c1cc3ccccc3n1CC(=O)O)CN=C2c1ccccc1. The van der Waals surface area contributed by atoms with Crippen LogP contribution in [-0.2, 0) is 24.4 Å². The van der Waals surface area contributed by atoms with Gasteiger partial charge in [0.15, 0.2) is 11.6 Å². The fourth-order valence-corrected chi connectivity index (χ4v) is 5.72. The summed E-state index contributed by atoms with van der Waals surface area (Å²) in [5.74, 6) is -0.129. The van der Waals surface area contributed by atoms with Crippen LogP contribution in [0.5, 0.6) is 0 Å². The Bertz CT molecular complexity index is 1700. The van der Waals surface area contributed by atoms with Crippen molar-refractivity contribution in [2.75, 3.05) is 0 Å². The number of fused-ring (bicyclic) bond motifs is 4. The zero-order chi connectivity index (χ0) is 25.5. The second kappa shape index (κ2) is 9.14. The number of thiophene rings is 1. The third kappa shape index (κ3) is 4.11. The van der Waals surface area contributed by atoms with Crippen LogP contribution in [-0.4, -0.2) is 42.0 Å². The molecule has 1 aliphatic heterocycles. The van der Waals surface area contributed by atoms with Crippen LogP contribution in [0.3, 0.4) is 0 Å². The zero-order valence-corrected chi connectivity index (χ0v) is 20.7. The highest BCUT2D eigenvalue weighted by atomic mass is 32.1. The largest absolute Gasteiger partial charge is 0.480 e. The van der Waals surface area contributed by atoms with Gasteiger partial charge in [-0.2, -0.15) is 0 Å². The molecule has 4 heterocycles. The number of aryl methyl sites for hydroxylation is 1. The summed E-state index contributed by atoms with van der Waals surface area (Å²) in [4.78, 5) is 30.7. The van der Waals surface area contributed by atoms with Gasteiger partial charge >= 0.3 is 5.97 Å². The Kier molecular flexibility index (Phi) is 5.65. The first-order valence-electron chi connectivity index (χ1n) is 11.7. The number of carboxylic acid groups (broad SMARTS) is 1. The van der Waals surface area contributed by atoms with Crippen molar-refractivity contribution < 1.29 is 14.7 Å². The van der Waals surface area contributed by atoms with Crippen molar-refractivity contribution in [3.8, 4) is 5.00 Å². The normalized spacial score (nSPS) is 12.5. The average molecular weight is 511 g/mol. The molecule has 0 bridgehead atoms. The number of rotatable bonds is 6. The number of para-hydroxylation sites is 1. The van der Waals surface area contributed by atoms with Crippen molar-refractivity contribution in [3.63, 3.8) is 0 Å². The van der Waals surface area contributed by atoms with Crippen molar-refractivity contribution in [2.24, 2.45) is 4.99 Å². The molecule has 1 amide bonds. The smallest absolute Gasteiger partial charge is 0.323 e. The number of amides is 1. The van der Waals surface area contributed by atoms with E-state index < -0.39 is 5.97 Å². The molecule has 5 aromatic rings. The molecule has 0 spiro atoms. The van der Waals surface area contributed by atoms with Crippen LogP contribution < -0.4 is 5.32 Å². The Balaban J connectivity index is 1.32. The quantitative estimate of drug-likeness (QED) is 0.359. The van der Waals surface area contributed by atoms with Gasteiger partial charge in [-0.25, -0.2) is 0 Å². The van der Waals surface area contributed by atoms with E-state index in [1.165, 1.54) is 4.57 Å². The number of carbonyl (C=O) groups is 2. The number of hydrogen-bond donors (Lipinski definition) is 2. The monoisotopic (exact) mass is 510 g/mol. The van der Waals surface area contributed by atoms with Crippen LogP contribution in [0.15, 0.2) is 71.7 Å². The first-order valence-corrected chi connectivity index (χ1v) is 12.5. The van der Waals surface area contributed by atoms with E-state index in [4.69, 9.17) is 4.99 Å². The van der Waals surface area contributed by atoms with E-state index in [-0.39, 0.29) is 24.7 Å². The minimum atomic E-state index is -1.02. The van der Waals surface area contributed by atoms with Crippen LogP contribution >= 0.6 is 11.3 Å². The van der Waals surface area contributed by atoms with Gasteiger partial charge in [-0.1, -0.05) is 48.5 Å². The standard InChI is InChI=1S/C27H22N6O3S/c1-16-11-19-25(17-7-3-2-4-8-17)28-13-22-30-31-23(33(22)27(19)37-16)14-29-26(36)21-12-18-9-5-6-10-20(18)32(21)15-24(34)35/h2-12H,13-15H2,1H3,(H,29,36)(H,34,35). The zero-order valence-electron chi connectivity index (χ0n) is 19.9. The molecule has 6 rings (SSSR count). The lowest BCUT2D eigenvalue weighted by molar-refractivity contribution is -0.137. The number of aliphatic imine (C=N–C) groups is 1. The van der Waals surface area contributed by atoms with E-state index in [1.54, 1.807) is 23.5 Å². The van der Waals surface area contributed by atoms with Crippen LogP contribution in [0.1, 0.15) is 38.1 Å². The maximum atomic E-state index is 13.2. The van der Waals surface area contributed by atoms with E-state index in [9.17, 15) is 14.7 Å². The van der Waals surface area contributed by atoms with Crippen LogP contribution in [0.4, 0.5) is 0 Å². The van der Waals surface area contributed by atoms with E-state index in [0.717, 1.165) is 32.1 Å². The lowest BCUT2D eigenvalue weighted by atomic mass is 10.0. The van der Waals surface area contributed by atoms with Gasteiger partial charge in [0.2, 0.25) is 0 Å². The fraction of sp³-hybridized carbons (Fsp3) is 0.148. The highest BCUT2D eigenvalue weighted by Crippen LogP contribution is 2.32. The first-order chi connectivity index (χ1) is 18.0. The molecule has 0 atom stereocenters. The van der Waals surface area contributed by atoms with Gasteiger partial charge in [-0.05, 0) is 25.1 Å². The maximum absolute atomic E-state index is 13.2. The minimum absolute atomic E-state index is 0.123. The number of nitrogens with one attached hydrogen (secondary N) is 1. The van der Waals surface area contributed by atoms with E-state index in [1.807, 2.05) is 53.1 Å². The Hall–Kier alpha value is -4.57. The van der Waals surface area contributed by atoms with Crippen molar-refractivity contribution in [2.45, 2.75) is 26.6 Å². The topological polar surface area (TPSA) is 114 Å². The summed E-state index contributed by atoms with van der Waals surface area (Å²) in [6.45, 7) is 2.22. The minimum Gasteiger partial charge on any atom is -0.480 e. The number of benzene rings is 2. The molecule has 0 saturated heterocycles. The fourth-order valence-electron chi connectivity index (χ4n) is 4.67. The molecule has 0 saturated carbocycles. The Morgan fingerprint density at radius 2 is 1.84 bits per heavy atom. The van der Waals surface area contributed by atoms with E-state index >= 15 is 0 Å². The molecule has 2 N–H and O–H groups in total. The third-order valence-electron chi connectivity index (χ3n) is 6.26. The molecular weight excluding hydrogens is 488 g/mol. The van der Waals surface area contributed by atoms with Crippen molar-refractivity contribution >= 4 is 39.8 Å². The average Bonchev–Trinajstić information content (AvgIpc) is 3.56. The summed E-state index contributed by atoms with van der Waals surface area (Å²) in [5, 5.41) is 22.8. The van der Waals surface area contributed by atoms with Gasteiger partial charge in [0.25, 0.3) is 5.91 Å². The van der Waals surface area contributed by atoms with Gasteiger partial charge in [-0.3, -0.25) is 19.1 Å². The molecular formula is C27H22N6O3S. The van der Waals surface area contributed by atoms with Gasteiger partial charge in [0, 0.05) is 26.9 Å². The predicted octanol–water partition coefficient (Wildman–Crippen LogP) is 3.96. The van der Waals surface area contributed by atoms with Crippen molar-refractivity contribution in [1.82, 2.24) is 24.6 Å². The summed E-state index contributed by atoms with van der Waals surface area (Å²) in [7, 11) is 0. The molecule has 0 radical (unpaired) electrons. The first kappa shape index (κ1) is 22.9. The molecule has 3 aromatic heterocycles. The molecule has 0 fully saturated rings. The Morgan fingerprint density at radius 3 is 2.65 bits per heavy atom. The second-order valence-corrected chi connectivity index (χ2v) is 9.96. The number of carboxylic acids is 1. The number of hydrogen-bond acceptors (Lipinski definition) is 6.